The van der Waals surface area contributed by atoms with Crippen molar-refractivity contribution in [2.24, 2.45) is 0 Å². The normalized spacial score (nSPS) is 17.9. The smallest absolute Gasteiger partial charge is 0.272 e. The van der Waals surface area contributed by atoms with Crippen LogP contribution in [0.1, 0.15) is 48.7 Å². The number of carbonyl (C=O) groups is 1. The molecule has 1 aliphatic heterocycles. The molecule has 1 atom stereocenters. The molecule has 128 valence electrons. The Hall–Kier alpha value is -2.30. The van der Waals surface area contributed by atoms with E-state index in [9.17, 15) is 9.90 Å². The van der Waals surface area contributed by atoms with Crippen LogP contribution in [0.15, 0.2) is 36.5 Å². The minimum Gasteiger partial charge on any atom is -0.508 e. The molecule has 3 rings (SSSR count). The fourth-order valence-corrected chi connectivity index (χ4v) is 3.48. The minimum atomic E-state index is 0.102. The van der Waals surface area contributed by atoms with Crippen molar-refractivity contribution >= 4 is 5.91 Å². The molecule has 0 saturated carbocycles. The molecular weight excluding hydrogens is 302 g/mol. The van der Waals surface area contributed by atoms with Crippen LogP contribution in [0.25, 0.3) is 0 Å². The summed E-state index contributed by atoms with van der Waals surface area (Å²) in [7, 11) is 0. The van der Waals surface area contributed by atoms with E-state index in [-0.39, 0.29) is 11.9 Å². The molecule has 0 radical (unpaired) electrons. The van der Waals surface area contributed by atoms with E-state index in [0.29, 0.717) is 18.0 Å². The Labute approximate surface area is 142 Å². The summed E-state index contributed by atoms with van der Waals surface area (Å²) < 4.78 is 1.77. The first-order valence-corrected chi connectivity index (χ1v) is 8.79. The van der Waals surface area contributed by atoms with Gasteiger partial charge in [0.2, 0.25) is 0 Å². The first kappa shape index (κ1) is 16.6. The predicted octanol–water partition coefficient (Wildman–Crippen LogP) is 3.24. The highest BCUT2D eigenvalue weighted by molar-refractivity contribution is 5.92. The first-order chi connectivity index (χ1) is 11.7. The number of aryl methyl sites for hydroxylation is 2. The lowest BCUT2D eigenvalue weighted by molar-refractivity contribution is 0.0589. The van der Waals surface area contributed by atoms with Crippen LogP contribution in [-0.4, -0.2) is 38.3 Å². The number of carbonyl (C=O) groups excluding carboxylic acids is 1. The van der Waals surface area contributed by atoms with Crippen molar-refractivity contribution in [1.29, 1.82) is 0 Å². The van der Waals surface area contributed by atoms with E-state index in [0.717, 1.165) is 32.2 Å². The third kappa shape index (κ3) is 3.61. The number of likely N-dealkylation sites (tertiary alicyclic amines) is 1. The standard InChI is InChI=1S/C19H25N3O2/c1-2-22-18(12-13-20-22)19(24)21-14-4-3-5-16(21)9-6-15-7-10-17(23)11-8-15/h7-8,10-13,16,23H,2-6,9,14H2,1H3/t16-/m1/s1. The largest absolute Gasteiger partial charge is 0.508 e. The van der Waals surface area contributed by atoms with Crippen LogP contribution in [0.5, 0.6) is 5.75 Å². The number of aromatic nitrogens is 2. The molecule has 1 saturated heterocycles. The Morgan fingerprint density at radius 2 is 2.04 bits per heavy atom. The maximum Gasteiger partial charge on any atom is 0.272 e. The van der Waals surface area contributed by atoms with Crippen LogP contribution in [0.4, 0.5) is 0 Å². The zero-order valence-corrected chi connectivity index (χ0v) is 14.2. The van der Waals surface area contributed by atoms with Gasteiger partial charge in [-0.05, 0) is 62.8 Å². The summed E-state index contributed by atoms with van der Waals surface area (Å²) in [6.07, 6.45) is 6.88. The lowest BCUT2D eigenvalue weighted by Crippen LogP contribution is -2.44. The molecular formula is C19H25N3O2. The van der Waals surface area contributed by atoms with Crippen molar-refractivity contribution in [2.45, 2.75) is 51.6 Å². The van der Waals surface area contributed by atoms with Crippen molar-refractivity contribution < 1.29 is 9.90 Å². The molecule has 1 aromatic heterocycles. The van der Waals surface area contributed by atoms with Gasteiger partial charge >= 0.3 is 0 Å². The number of amides is 1. The highest BCUT2D eigenvalue weighted by Crippen LogP contribution is 2.24. The molecule has 24 heavy (non-hydrogen) atoms. The maximum absolute atomic E-state index is 12.9. The summed E-state index contributed by atoms with van der Waals surface area (Å²) in [5, 5.41) is 13.6. The van der Waals surface area contributed by atoms with Gasteiger partial charge in [0.15, 0.2) is 0 Å². The van der Waals surface area contributed by atoms with Gasteiger partial charge in [-0.3, -0.25) is 9.48 Å². The number of hydrogen-bond donors (Lipinski definition) is 1. The number of phenolic OH excluding ortho intramolecular Hbond substituents is 1. The van der Waals surface area contributed by atoms with E-state index < -0.39 is 0 Å². The average molecular weight is 327 g/mol. The quantitative estimate of drug-likeness (QED) is 0.917. The van der Waals surface area contributed by atoms with Gasteiger partial charge in [0.05, 0.1) is 0 Å². The Bertz CT molecular complexity index is 678. The van der Waals surface area contributed by atoms with Gasteiger partial charge in [-0.1, -0.05) is 12.1 Å². The van der Waals surface area contributed by atoms with Gasteiger partial charge in [0.1, 0.15) is 11.4 Å². The molecule has 1 amide bonds. The number of phenols is 1. The summed E-state index contributed by atoms with van der Waals surface area (Å²) in [5.74, 6) is 0.394. The fraction of sp³-hybridized carbons (Fsp3) is 0.474. The Kier molecular flexibility index (Phi) is 5.18. The van der Waals surface area contributed by atoms with Crippen molar-refractivity contribution in [3.63, 3.8) is 0 Å². The molecule has 0 unspecified atom stereocenters. The van der Waals surface area contributed by atoms with E-state index in [4.69, 9.17) is 0 Å². The number of hydrogen-bond acceptors (Lipinski definition) is 3. The van der Waals surface area contributed by atoms with Crippen LogP contribution < -0.4 is 0 Å². The fourth-order valence-electron chi connectivity index (χ4n) is 3.48. The third-order valence-corrected chi connectivity index (χ3v) is 4.83. The second-order valence-corrected chi connectivity index (χ2v) is 6.39. The molecule has 2 heterocycles. The highest BCUT2D eigenvalue weighted by atomic mass is 16.3. The van der Waals surface area contributed by atoms with E-state index in [1.54, 1.807) is 23.0 Å². The molecule has 1 N–H and O–H groups in total. The molecule has 5 nitrogen and oxygen atoms in total. The van der Waals surface area contributed by atoms with Gasteiger partial charge in [-0.15, -0.1) is 0 Å². The number of piperidine rings is 1. The number of aromatic hydroxyl groups is 1. The van der Waals surface area contributed by atoms with E-state index in [1.165, 1.54) is 12.0 Å². The van der Waals surface area contributed by atoms with Crippen LogP contribution in [-0.2, 0) is 13.0 Å². The van der Waals surface area contributed by atoms with Gasteiger partial charge in [-0.25, -0.2) is 0 Å². The number of rotatable bonds is 5. The molecule has 1 aliphatic rings. The molecule has 0 bridgehead atoms. The van der Waals surface area contributed by atoms with Gasteiger partial charge in [0, 0.05) is 25.3 Å². The molecule has 2 aromatic rings. The van der Waals surface area contributed by atoms with Crippen LogP contribution in [0, 0.1) is 0 Å². The Morgan fingerprint density at radius 1 is 1.25 bits per heavy atom. The summed E-state index contributed by atoms with van der Waals surface area (Å²) in [6.45, 7) is 3.54. The minimum absolute atomic E-state index is 0.102. The van der Waals surface area contributed by atoms with Gasteiger partial charge in [-0.2, -0.15) is 5.10 Å². The van der Waals surface area contributed by atoms with E-state index >= 15 is 0 Å². The first-order valence-electron chi connectivity index (χ1n) is 8.79. The lowest BCUT2D eigenvalue weighted by atomic mass is 9.95. The number of benzene rings is 1. The SMILES string of the molecule is CCn1nccc1C(=O)N1CCCC[C@@H]1CCc1ccc(O)cc1. The molecule has 1 aromatic carbocycles. The second kappa shape index (κ2) is 7.51. The van der Waals surface area contributed by atoms with Crippen molar-refractivity contribution in [2.75, 3.05) is 6.54 Å². The van der Waals surface area contributed by atoms with Crippen molar-refractivity contribution in [3.05, 3.63) is 47.8 Å². The highest BCUT2D eigenvalue weighted by Gasteiger charge is 2.28. The molecule has 5 heteroatoms. The van der Waals surface area contributed by atoms with Gasteiger partial charge < -0.3 is 10.0 Å². The third-order valence-electron chi connectivity index (χ3n) is 4.83. The van der Waals surface area contributed by atoms with Crippen LogP contribution in [0.2, 0.25) is 0 Å². The zero-order chi connectivity index (χ0) is 16.9. The maximum atomic E-state index is 12.9. The molecule has 0 aliphatic carbocycles. The summed E-state index contributed by atoms with van der Waals surface area (Å²) in [4.78, 5) is 15.0. The summed E-state index contributed by atoms with van der Waals surface area (Å²) >= 11 is 0. The van der Waals surface area contributed by atoms with E-state index in [2.05, 4.69) is 5.10 Å². The molecule has 0 spiro atoms. The monoisotopic (exact) mass is 327 g/mol. The van der Waals surface area contributed by atoms with Crippen LogP contribution >= 0.6 is 0 Å². The second-order valence-electron chi connectivity index (χ2n) is 6.39. The van der Waals surface area contributed by atoms with Crippen LogP contribution in [0.3, 0.4) is 0 Å². The summed E-state index contributed by atoms with van der Waals surface area (Å²) in [6, 6.07) is 9.45. The predicted molar refractivity (Wildman–Crippen MR) is 93.0 cm³/mol. The summed E-state index contributed by atoms with van der Waals surface area (Å²) in [5.41, 5.74) is 1.89. The van der Waals surface area contributed by atoms with Gasteiger partial charge in [0.25, 0.3) is 5.91 Å². The number of nitrogens with zero attached hydrogens (tertiary/aromatic N) is 3. The van der Waals surface area contributed by atoms with E-state index in [1.807, 2.05) is 30.0 Å². The van der Waals surface area contributed by atoms with Crippen molar-refractivity contribution in [3.8, 4) is 5.75 Å². The zero-order valence-electron chi connectivity index (χ0n) is 14.2. The Balaban J connectivity index is 1.69. The van der Waals surface area contributed by atoms with Crippen molar-refractivity contribution in [1.82, 2.24) is 14.7 Å². The Morgan fingerprint density at radius 3 is 2.79 bits per heavy atom. The lowest BCUT2D eigenvalue weighted by Gasteiger charge is -2.36. The molecule has 1 fully saturated rings. The topological polar surface area (TPSA) is 58.4 Å². The average Bonchev–Trinajstić information content (AvgIpc) is 3.09.